The smallest absolute Gasteiger partial charge is 0.293 e. The zero-order chi connectivity index (χ0) is 25.1. The van der Waals surface area contributed by atoms with Crippen LogP contribution in [0.4, 0.5) is 0 Å². The minimum absolute atomic E-state index is 0.0140. The quantitative estimate of drug-likeness (QED) is 0.307. The highest BCUT2D eigenvalue weighted by Gasteiger charge is 2.15. The predicted molar refractivity (Wildman–Crippen MR) is 130 cm³/mol. The molecule has 2 aromatic carbocycles. The summed E-state index contributed by atoms with van der Waals surface area (Å²) in [4.78, 5) is 17.5. The van der Waals surface area contributed by atoms with Gasteiger partial charge < -0.3 is 18.7 Å². The van der Waals surface area contributed by atoms with Crippen molar-refractivity contribution in [2.24, 2.45) is 0 Å². The maximum absolute atomic E-state index is 13.1. The van der Waals surface area contributed by atoms with Gasteiger partial charge in [-0.15, -0.1) is 0 Å². The number of ether oxygens (including phenoxy) is 3. The van der Waals surface area contributed by atoms with Crippen LogP contribution in [0.15, 0.2) is 64.2 Å². The molecule has 0 bridgehead atoms. The van der Waals surface area contributed by atoms with Crippen molar-refractivity contribution in [1.29, 1.82) is 0 Å². The summed E-state index contributed by atoms with van der Waals surface area (Å²) in [7, 11) is 1.56. The third-order valence-electron chi connectivity index (χ3n) is 5.43. The van der Waals surface area contributed by atoms with Crippen molar-refractivity contribution >= 4 is 5.52 Å². The first-order chi connectivity index (χ1) is 17.6. The molecule has 0 radical (unpaired) electrons. The van der Waals surface area contributed by atoms with Crippen molar-refractivity contribution in [1.82, 2.24) is 29.5 Å². The van der Waals surface area contributed by atoms with E-state index >= 15 is 0 Å². The number of benzene rings is 2. The zero-order valence-corrected chi connectivity index (χ0v) is 20.0. The molecule has 184 valence electrons. The van der Waals surface area contributed by atoms with E-state index in [9.17, 15) is 4.79 Å². The minimum atomic E-state index is -0.329. The standard InChI is InChI=1S/C25H24N6O5/c1-4-34-18-9-6-16(7-10-18)19-13-20-25(32)30(26-15-31(20)28-19)14-23-27-24(29-36-23)17-8-11-21(35-5-2)22(12-17)33-3/h6-13,15H,4-5,14H2,1-3H3. The molecular formula is C25H24N6O5. The van der Waals surface area contributed by atoms with Gasteiger partial charge in [0.15, 0.2) is 11.5 Å². The van der Waals surface area contributed by atoms with Crippen molar-refractivity contribution in [3.63, 3.8) is 0 Å². The van der Waals surface area contributed by atoms with Crippen molar-refractivity contribution in [3.05, 3.63) is 71.1 Å². The van der Waals surface area contributed by atoms with Gasteiger partial charge in [-0.1, -0.05) is 5.16 Å². The molecule has 0 N–H and O–H groups in total. The van der Waals surface area contributed by atoms with Gasteiger partial charge in [0.25, 0.3) is 5.56 Å². The summed E-state index contributed by atoms with van der Waals surface area (Å²) >= 11 is 0. The van der Waals surface area contributed by atoms with E-state index in [0.717, 1.165) is 11.3 Å². The first-order valence-corrected chi connectivity index (χ1v) is 11.4. The van der Waals surface area contributed by atoms with Crippen LogP contribution in [0, 0.1) is 0 Å². The van der Waals surface area contributed by atoms with Gasteiger partial charge in [0.05, 0.1) is 26.0 Å². The Labute approximate surface area is 205 Å². The molecule has 0 unspecified atom stereocenters. The van der Waals surface area contributed by atoms with Gasteiger partial charge in [-0.2, -0.15) is 15.2 Å². The SMILES string of the molecule is CCOc1ccc(-c2cc3c(=O)n(Cc4nc(-c5ccc(OCC)c(OC)c5)no4)ncn3n2)cc1. The van der Waals surface area contributed by atoms with Gasteiger partial charge in [0, 0.05) is 11.1 Å². The Bertz CT molecular complexity index is 1550. The number of hydrogen-bond acceptors (Lipinski definition) is 9. The van der Waals surface area contributed by atoms with E-state index in [4.69, 9.17) is 18.7 Å². The number of hydrogen-bond donors (Lipinski definition) is 0. The Hall–Kier alpha value is -4.67. The molecule has 0 aliphatic rings. The van der Waals surface area contributed by atoms with Crippen LogP contribution >= 0.6 is 0 Å². The highest BCUT2D eigenvalue weighted by Crippen LogP contribution is 2.31. The fraction of sp³-hybridized carbons (Fsp3) is 0.240. The van der Waals surface area contributed by atoms with Crippen LogP contribution in [-0.4, -0.2) is 49.9 Å². The Morgan fingerprint density at radius 3 is 2.47 bits per heavy atom. The Balaban J connectivity index is 1.39. The van der Waals surface area contributed by atoms with Gasteiger partial charge in [-0.25, -0.2) is 9.20 Å². The summed E-state index contributed by atoms with van der Waals surface area (Å²) < 4.78 is 24.5. The lowest BCUT2D eigenvalue weighted by Gasteiger charge is -2.09. The molecule has 5 aromatic rings. The highest BCUT2D eigenvalue weighted by molar-refractivity contribution is 5.66. The molecule has 0 atom stereocenters. The van der Waals surface area contributed by atoms with Crippen LogP contribution in [0.3, 0.4) is 0 Å². The van der Waals surface area contributed by atoms with Crippen LogP contribution < -0.4 is 19.8 Å². The molecule has 0 aliphatic carbocycles. The molecule has 3 aromatic heterocycles. The lowest BCUT2D eigenvalue weighted by Crippen LogP contribution is -2.25. The van der Waals surface area contributed by atoms with E-state index < -0.39 is 0 Å². The first kappa shape index (κ1) is 23.1. The largest absolute Gasteiger partial charge is 0.494 e. The number of aromatic nitrogens is 6. The third-order valence-corrected chi connectivity index (χ3v) is 5.43. The molecule has 0 aliphatic heterocycles. The molecule has 0 spiro atoms. The number of fused-ring (bicyclic) bond motifs is 1. The van der Waals surface area contributed by atoms with Crippen LogP contribution in [0.25, 0.3) is 28.2 Å². The fourth-order valence-corrected chi connectivity index (χ4v) is 3.73. The second-order valence-electron chi connectivity index (χ2n) is 7.72. The summed E-state index contributed by atoms with van der Waals surface area (Å²) in [6, 6.07) is 14.6. The van der Waals surface area contributed by atoms with Crippen molar-refractivity contribution in [2.45, 2.75) is 20.4 Å². The molecule has 0 amide bonds. The Kier molecular flexibility index (Phi) is 6.35. The normalized spacial score (nSPS) is 11.1. The highest BCUT2D eigenvalue weighted by atomic mass is 16.5. The second kappa shape index (κ2) is 9.90. The first-order valence-electron chi connectivity index (χ1n) is 11.4. The zero-order valence-electron chi connectivity index (χ0n) is 20.0. The molecular weight excluding hydrogens is 464 g/mol. The van der Waals surface area contributed by atoms with E-state index in [2.05, 4.69) is 20.3 Å². The maximum atomic E-state index is 13.1. The van der Waals surface area contributed by atoms with Gasteiger partial charge in [0.1, 0.15) is 24.1 Å². The average Bonchev–Trinajstić information content (AvgIpc) is 3.55. The monoisotopic (exact) mass is 488 g/mol. The number of rotatable bonds is 9. The summed E-state index contributed by atoms with van der Waals surface area (Å²) in [5, 5.41) is 12.7. The molecule has 0 saturated heterocycles. The van der Waals surface area contributed by atoms with E-state index in [1.807, 2.05) is 44.2 Å². The van der Waals surface area contributed by atoms with E-state index in [-0.39, 0.29) is 18.0 Å². The van der Waals surface area contributed by atoms with E-state index in [0.29, 0.717) is 47.3 Å². The Morgan fingerprint density at radius 2 is 1.72 bits per heavy atom. The molecule has 11 nitrogen and oxygen atoms in total. The van der Waals surface area contributed by atoms with Gasteiger partial charge >= 0.3 is 0 Å². The van der Waals surface area contributed by atoms with Gasteiger partial charge in [-0.05, 0) is 62.4 Å². The van der Waals surface area contributed by atoms with Gasteiger partial charge in [-0.3, -0.25) is 4.79 Å². The predicted octanol–water partition coefficient (Wildman–Crippen LogP) is 3.46. The lowest BCUT2D eigenvalue weighted by atomic mass is 10.1. The number of nitrogens with zero attached hydrogens (tertiary/aromatic N) is 6. The lowest BCUT2D eigenvalue weighted by molar-refractivity contribution is 0.311. The Morgan fingerprint density at radius 1 is 0.944 bits per heavy atom. The molecule has 11 heteroatoms. The summed E-state index contributed by atoms with van der Waals surface area (Å²) in [5.41, 5.74) is 2.26. The maximum Gasteiger partial charge on any atom is 0.293 e. The topological polar surface area (TPSA) is 119 Å². The molecule has 0 saturated carbocycles. The van der Waals surface area contributed by atoms with Crippen LogP contribution in [-0.2, 0) is 6.54 Å². The van der Waals surface area contributed by atoms with Crippen LogP contribution in [0.2, 0.25) is 0 Å². The van der Waals surface area contributed by atoms with Crippen molar-refractivity contribution in [3.8, 4) is 39.9 Å². The molecule has 5 rings (SSSR count). The number of methoxy groups -OCH3 is 1. The van der Waals surface area contributed by atoms with E-state index in [1.54, 1.807) is 25.3 Å². The minimum Gasteiger partial charge on any atom is -0.494 e. The molecule has 3 heterocycles. The van der Waals surface area contributed by atoms with Crippen molar-refractivity contribution < 1.29 is 18.7 Å². The van der Waals surface area contributed by atoms with Crippen molar-refractivity contribution in [2.75, 3.05) is 20.3 Å². The average molecular weight is 489 g/mol. The summed E-state index contributed by atoms with van der Waals surface area (Å²) in [6.07, 6.45) is 1.48. The molecule has 36 heavy (non-hydrogen) atoms. The van der Waals surface area contributed by atoms with Crippen LogP contribution in [0.5, 0.6) is 17.2 Å². The van der Waals surface area contributed by atoms with Crippen LogP contribution in [0.1, 0.15) is 19.7 Å². The third kappa shape index (κ3) is 4.50. The van der Waals surface area contributed by atoms with E-state index in [1.165, 1.54) is 15.5 Å². The van der Waals surface area contributed by atoms with Gasteiger partial charge in [0.2, 0.25) is 11.7 Å². The second-order valence-corrected chi connectivity index (χ2v) is 7.72. The fourth-order valence-electron chi connectivity index (χ4n) is 3.73. The molecule has 0 fully saturated rings. The summed E-state index contributed by atoms with van der Waals surface area (Å²) in [6.45, 7) is 4.96. The summed E-state index contributed by atoms with van der Waals surface area (Å²) in [5.74, 6) is 2.57.